The van der Waals surface area contributed by atoms with Crippen molar-refractivity contribution < 1.29 is 22.7 Å². The largest absolute Gasteiger partial charge is 0.379 e. The maximum absolute atomic E-state index is 12.7. The van der Waals surface area contributed by atoms with Gasteiger partial charge in [-0.05, 0) is 42.0 Å². The number of nitrogens with one attached hydrogen (secondary N) is 1. The van der Waals surface area contributed by atoms with E-state index in [2.05, 4.69) is 5.32 Å². The highest BCUT2D eigenvalue weighted by Crippen LogP contribution is 2.23. The number of amides is 2. The summed E-state index contributed by atoms with van der Waals surface area (Å²) < 4.78 is 32.0. The van der Waals surface area contributed by atoms with E-state index in [-0.39, 0.29) is 23.3 Å². The molecule has 0 saturated carbocycles. The van der Waals surface area contributed by atoms with Crippen LogP contribution in [-0.2, 0) is 26.1 Å². The molecule has 166 valence electrons. The van der Waals surface area contributed by atoms with Crippen molar-refractivity contribution in [2.75, 3.05) is 32.8 Å². The van der Waals surface area contributed by atoms with Crippen LogP contribution >= 0.6 is 11.3 Å². The Bertz CT molecular complexity index is 1020. The third kappa shape index (κ3) is 4.82. The maximum Gasteiger partial charge on any atom is 0.264 e. The first kappa shape index (κ1) is 21.9. The minimum Gasteiger partial charge on any atom is -0.379 e. The molecule has 0 unspecified atom stereocenters. The molecule has 0 bridgehead atoms. The van der Waals surface area contributed by atoms with Crippen molar-refractivity contribution >= 4 is 33.2 Å². The van der Waals surface area contributed by atoms with E-state index >= 15 is 0 Å². The molecule has 1 aromatic heterocycles. The van der Waals surface area contributed by atoms with Crippen LogP contribution in [0.1, 0.15) is 28.1 Å². The first-order valence-corrected chi connectivity index (χ1v) is 12.6. The average Bonchev–Trinajstić information content (AvgIpc) is 3.50. The van der Waals surface area contributed by atoms with E-state index in [0.717, 1.165) is 12.0 Å². The van der Waals surface area contributed by atoms with Crippen LogP contribution in [0.15, 0.2) is 46.7 Å². The summed E-state index contributed by atoms with van der Waals surface area (Å²) in [4.78, 5) is 27.9. The molecule has 1 atom stereocenters. The second-order valence-corrected chi connectivity index (χ2v) is 10.4. The van der Waals surface area contributed by atoms with Crippen molar-refractivity contribution in [1.82, 2.24) is 14.5 Å². The summed E-state index contributed by atoms with van der Waals surface area (Å²) in [7, 11) is -3.54. The number of nitrogens with zero attached hydrogens (tertiary/aromatic N) is 2. The van der Waals surface area contributed by atoms with Gasteiger partial charge in [-0.15, -0.1) is 11.3 Å². The van der Waals surface area contributed by atoms with E-state index in [9.17, 15) is 18.0 Å². The fourth-order valence-electron chi connectivity index (χ4n) is 3.85. The number of ether oxygens (including phenoxy) is 1. The summed E-state index contributed by atoms with van der Waals surface area (Å²) in [6.45, 7) is 2.34. The van der Waals surface area contributed by atoms with Gasteiger partial charge < -0.3 is 15.0 Å². The number of carbonyl (C=O) groups excluding carboxylic acids is 2. The third-order valence-electron chi connectivity index (χ3n) is 5.55. The van der Waals surface area contributed by atoms with Crippen molar-refractivity contribution in [2.45, 2.75) is 30.3 Å². The van der Waals surface area contributed by atoms with Gasteiger partial charge in [0.05, 0.1) is 23.0 Å². The summed E-state index contributed by atoms with van der Waals surface area (Å²) in [5.41, 5.74) is 0.795. The van der Waals surface area contributed by atoms with E-state index in [1.54, 1.807) is 35.2 Å². The molecule has 10 heteroatoms. The molecule has 2 aliphatic rings. The zero-order chi connectivity index (χ0) is 21.8. The van der Waals surface area contributed by atoms with Gasteiger partial charge in [0.15, 0.2) is 0 Å². The van der Waals surface area contributed by atoms with Gasteiger partial charge in [-0.25, -0.2) is 8.42 Å². The fourth-order valence-corrected chi connectivity index (χ4v) is 5.93. The van der Waals surface area contributed by atoms with E-state index in [4.69, 9.17) is 4.74 Å². The molecule has 2 aromatic rings. The number of thiophene rings is 1. The van der Waals surface area contributed by atoms with Gasteiger partial charge in [0.2, 0.25) is 15.9 Å². The van der Waals surface area contributed by atoms with Crippen molar-refractivity contribution in [1.29, 1.82) is 0 Å². The monoisotopic (exact) mass is 463 g/mol. The predicted molar refractivity (Wildman–Crippen MR) is 116 cm³/mol. The lowest BCUT2D eigenvalue weighted by molar-refractivity contribution is -0.125. The van der Waals surface area contributed by atoms with E-state index < -0.39 is 16.1 Å². The second kappa shape index (κ2) is 9.47. The van der Waals surface area contributed by atoms with Gasteiger partial charge in [-0.3, -0.25) is 9.59 Å². The molecule has 0 radical (unpaired) electrons. The SMILES string of the molecule is O=C(NCc1ccc(S(=O)(=O)N2CCOCC2)cc1)[C@H]1CCCN1C(=O)c1cccs1. The Kier molecular flexibility index (Phi) is 6.71. The Morgan fingerprint density at radius 2 is 1.84 bits per heavy atom. The number of morpholine rings is 1. The summed E-state index contributed by atoms with van der Waals surface area (Å²) in [5.74, 6) is -0.294. The van der Waals surface area contributed by atoms with Crippen molar-refractivity contribution in [3.8, 4) is 0 Å². The van der Waals surface area contributed by atoms with Gasteiger partial charge in [-0.2, -0.15) is 4.31 Å². The maximum atomic E-state index is 12.7. The first-order chi connectivity index (χ1) is 15.0. The highest BCUT2D eigenvalue weighted by Gasteiger charge is 2.34. The normalized spacial score (nSPS) is 20.0. The molecule has 2 fully saturated rings. The number of likely N-dealkylation sites (tertiary alicyclic amines) is 1. The average molecular weight is 464 g/mol. The van der Waals surface area contributed by atoms with E-state index in [1.165, 1.54) is 15.6 Å². The third-order valence-corrected chi connectivity index (χ3v) is 8.32. The zero-order valence-corrected chi connectivity index (χ0v) is 18.7. The van der Waals surface area contributed by atoms with Crippen molar-refractivity contribution in [3.05, 3.63) is 52.2 Å². The molecule has 0 spiro atoms. The van der Waals surface area contributed by atoms with Crippen LogP contribution in [0, 0.1) is 0 Å². The highest BCUT2D eigenvalue weighted by atomic mass is 32.2. The van der Waals surface area contributed by atoms with Crippen LogP contribution in [0.25, 0.3) is 0 Å². The topological polar surface area (TPSA) is 96.0 Å². The minimum atomic E-state index is -3.54. The van der Waals surface area contributed by atoms with Gasteiger partial charge in [-0.1, -0.05) is 18.2 Å². The summed E-state index contributed by atoms with van der Waals surface area (Å²) in [6, 6.07) is 9.66. The fraction of sp³-hybridized carbons (Fsp3) is 0.429. The lowest BCUT2D eigenvalue weighted by Gasteiger charge is -2.26. The number of sulfonamides is 1. The van der Waals surface area contributed by atoms with Gasteiger partial charge in [0.1, 0.15) is 6.04 Å². The van der Waals surface area contributed by atoms with Gasteiger partial charge >= 0.3 is 0 Å². The molecule has 2 aliphatic heterocycles. The minimum absolute atomic E-state index is 0.106. The molecule has 2 amide bonds. The van der Waals surface area contributed by atoms with Crippen LogP contribution in [-0.4, -0.2) is 68.3 Å². The smallest absolute Gasteiger partial charge is 0.264 e. The number of benzene rings is 1. The summed E-state index contributed by atoms with van der Waals surface area (Å²) in [6.07, 6.45) is 1.43. The summed E-state index contributed by atoms with van der Waals surface area (Å²) >= 11 is 1.37. The van der Waals surface area contributed by atoms with Crippen LogP contribution < -0.4 is 5.32 Å². The van der Waals surface area contributed by atoms with E-state index in [0.29, 0.717) is 44.1 Å². The zero-order valence-electron chi connectivity index (χ0n) is 17.0. The number of carbonyl (C=O) groups is 2. The van der Waals surface area contributed by atoms with Crippen LogP contribution in [0.4, 0.5) is 0 Å². The predicted octanol–water partition coefficient (Wildman–Crippen LogP) is 1.69. The number of rotatable bonds is 6. The van der Waals surface area contributed by atoms with E-state index in [1.807, 2.05) is 11.4 Å². The number of hydrogen-bond acceptors (Lipinski definition) is 6. The first-order valence-electron chi connectivity index (χ1n) is 10.3. The molecule has 0 aliphatic carbocycles. The molecule has 2 saturated heterocycles. The molecular weight excluding hydrogens is 438 g/mol. The Labute approximate surface area is 185 Å². The molecule has 8 nitrogen and oxygen atoms in total. The van der Waals surface area contributed by atoms with Crippen LogP contribution in [0.2, 0.25) is 0 Å². The molecule has 1 N–H and O–H groups in total. The Morgan fingerprint density at radius 3 is 2.52 bits per heavy atom. The Hall–Kier alpha value is -2.27. The molecule has 31 heavy (non-hydrogen) atoms. The van der Waals surface area contributed by atoms with Gasteiger partial charge in [0.25, 0.3) is 5.91 Å². The highest BCUT2D eigenvalue weighted by molar-refractivity contribution is 7.89. The molecule has 1 aromatic carbocycles. The second-order valence-electron chi connectivity index (χ2n) is 7.51. The van der Waals surface area contributed by atoms with Crippen LogP contribution in [0.3, 0.4) is 0 Å². The molecule has 3 heterocycles. The standard InChI is InChI=1S/C21H25N3O5S2/c25-20(18-3-1-9-24(18)21(26)19-4-2-14-30-19)22-15-16-5-7-17(8-6-16)31(27,28)23-10-12-29-13-11-23/h2,4-8,14,18H,1,3,9-13,15H2,(H,22,25)/t18-/m1/s1. The van der Waals surface area contributed by atoms with Crippen molar-refractivity contribution in [3.63, 3.8) is 0 Å². The van der Waals surface area contributed by atoms with Crippen molar-refractivity contribution in [2.24, 2.45) is 0 Å². The van der Waals surface area contributed by atoms with Crippen LogP contribution in [0.5, 0.6) is 0 Å². The summed E-state index contributed by atoms with van der Waals surface area (Å²) in [5, 5.41) is 4.74. The quantitative estimate of drug-likeness (QED) is 0.703. The lowest BCUT2D eigenvalue weighted by atomic mass is 10.2. The molecule has 4 rings (SSSR count). The number of hydrogen-bond donors (Lipinski definition) is 1. The lowest BCUT2D eigenvalue weighted by Crippen LogP contribution is -2.45. The Morgan fingerprint density at radius 1 is 1.10 bits per heavy atom. The van der Waals surface area contributed by atoms with Gasteiger partial charge in [0, 0.05) is 26.2 Å². The molecular formula is C21H25N3O5S2. The Balaban J connectivity index is 1.35.